The molecule has 1 aromatic heterocycles. The minimum Gasteiger partial charge on any atom is -0.395 e. The van der Waals surface area contributed by atoms with E-state index in [0.717, 1.165) is 5.56 Å². The number of aryl methyl sites for hydroxylation is 1. The van der Waals surface area contributed by atoms with Gasteiger partial charge in [-0.15, -0.1) is 0 Å². The van der Waals surface area contributed by atoms with E-state index in [1.54, 1.807) is 19.2 Å². The van der Waals surface area contributed by atoms with Gasteiger partial charge in [-0.25, -0.2) is 14.4 Å². The zero-order valence-corrected chi connectivity index (χ0v) is 14.5. The highest BCUT2D eigenvalue weighted by molar-refractivity contribution is 5.79. The minimum atomic E-state index is -0.552. The molecule has 0 atom stereocenters. The summed E-state index contributed by atoms with van der Waals surface area (Å²) in [6, 6.07) is 4.29. The number of aliphatic hydroxyl groups excluding tert-OH is 1. The highest BCUT2D eigenvalue weighted by Crippen LogP contribution is 2.24. The van der Waals surface area contributed by atoms with E-state index in [-0.39, 0.29) is 12.2 Å². The molecule has 0 unspecified atom stereocenters. The van der Waals surface area contributed by atoms with Gasteiger partial charge >= 0.3 is 0 Å². The van der Waals surface area contributed by atoms with Crippen LogP contribution in [0.1, 0.15) is 29.9 Å². The van der Waals surface area contributed by atoms with E-state index in [1.807, 2.05) is 13.8 Å². The summed E-state index contributed by atoms with van der Waals surface area (Å²) in [4.78, 5) is 19.1. The number of anilines is 1. The summed E-state index contributed by atoms with van der Waals surface area (Å²) in [5.74, 6) is -0.137. The van der Waals surface area contributed by atoms with Crippen LogP contribution in [0.5, 0.6) is 0 Å². The van der Waals surface area contributed by atoms with Gasteiger partial charge in [0.1, 0.15) is 5.82 Å². The predicted octanol–water partition coefficient (Wildman–Crippen LogP) is 2.41. The Labute approximate surface area is 142 Å². The van der Waals surface area contributed by atoms with Crippen molar-refractivity contribution >= 4 is 12.2 Å². The predicted molar refractivity (Wildman–Crippen MR) is 94.6 cm³/mol. The maximum Gasteiger partial charge on any atom is 0.222 e. The molecule has 0 spiro atoms. The van der Waals surface area contributed by atoms with Gasteiger partial charge in [-0.3, -0.25) is 4.79 Å². The quantitative estimate of drug-likeness (QED) is 0.725. The van der Waals surface area contributed by atoms with E-state index >= 15 is 0 Å². The largest absolute Gasteiger partial charge is 0.395 e. The molecule has 0 aliphatic rings. The van der Waals surface area contributed by atoms with Crippen LogP contribution in [0.15, 0.2) is 24.4 Å². The maximum absolute atomic E-state index is 13.3. The first-order valence-electron chi connectivity index (χ1n) is 7.67. The second-order valence-corrected chi connectivity index (χ2v) is 4.20. The molecule has 0 aliphatic carbocycles. The number of nitrogens with zero attached hydrogens (tertiary/aromatic N) is 2. The van der Waals surface area contributed by atoms with Gasteiger partial charge in [-0.1, -0.05) is 19.9 Å². The normalized spacial score (nSPS) is 9.12. The van der Waals surface area contributed by atoms with Crippen molar-refractivity contribution in [3.05, 3.63) is 41.5 Å². The Morgan fingerprint density at radius 3 is 2.54 bits per heavy atom. The summed E-state index contributed by atoms with van der Waals surface area (Å²) in [6.07, 6.45) is 2.08. The van der Waals surface area contributed by atoms with Crippen LogP contribution in [0.25, 0.3) is 11.1 Å². The van der Waals surface area contributed by atoms with Crippen molar-refractivity contribution in [2.45, 2.75) is 20.8 Å². The molecule has 132 valence electrons. The number of benzene rings is 1. The molecule has 6 nitrogen and oxygen atoms in total. The van der Waals surface area contributed by atoms with Crippen molar-refractivity contribution in [2.75, 3.05) is 25.5 Å². The SMILES string of the molecule is CC.CN.Cc1nc(NCCO)ncc1-c1ccc(F)c(C=O)c1. The molecule has 0 fully saturated rings. The van der Waals surface area contributed by atoms with Gasteiger partial charge in [0.15, 0.2) is 6.29 Å². The Kier molecular flexibility index (Phi) is 10.9. The lowest BCUT2D eigenvalue weighted by Gasteiger charge is -2.08. The Bertz CT molecular complexity index is 636. The molecule has 1 heterocycles. The molecular formula is C17H25FN4O2. The zero-order chi connectivity index (χ0) is 18.5. The number of carbonyl (C=O) groups excluding carboxylic acids is 1. The molecule has 7 heteroatoms. The van der Waals surface area contributed by atoms with Crippen molar-refractivity contribution in [1.29, 1.82) is 0 Å². The van der Waals surface area contributed by atoms with E-state index < -0.39 is 5.82 Å². The van der Waals surface area contributed by atoms with Crippen molar-refractivity contribution in [3.8, 4) is 11.1 Å². The zero-order valence-electron chi connectivity index (χ0n) is 14.5. The summed E-state index contributed by atoms with van der Waals surface area (Å²) in [6.45, 7) is 6.15. The van der Waals surface area contributed by atoms with Gasteiger partial charge in [-0.05, 0) is 31.7 Å². The van der Waals surface area contributed by atoms with Crippen LogP contribution < -0.4 is 11.1 Å². The average molecular weight is 336 g/mol. The van der Waals surface area contributed by atoms with Gasteiger partial charge in [0, 0.05) is 18.3 Å². The lowest BCUT2D eigenvalue weighted by molar-refractivity contribution is 0.112. The molecule has 0 saturated carbocycles. The first kappa shape index (κ1) is 21.6. The van der Waals surface area contributed by atoms with Crippen molar-refractivity contribution in [2.24, 2.45) is 5.73 Å². The lowest BCUT2D eigenvalue weighted by Crippen LogP contribution is -2.09. The van der Waals surface area contributed by atoms with Gasteiger partial charge in [0.2, 0.25) is 5.95 Å². The fraction of sp³-hybridized carbons (Fsp3) is 0.353. The second-order valence-electron chi connectivity index (χ2n) is 4.20. The summed E-state index contributed by atoms with van der Waals surface area (Å²) in [5.41, 5.74) is 6.61. The van der Waals surface area contributed by atoms with Crippen LogP contribution in [-0.2, 0) is 0 Å². The van der Waals surface area contributed by atoms with E-state index in [4.69, 9.17) is 5.11 Å². The second kappa shape index (κ2) is 12.1. The van der Waals surface area contributed by atoms with Gasteiger partial charge in [0.05, 0.1) is 17.9 Å². The molecule has 2 rings (SSSR count). The third-order valence-corrected chi connectivity index (χ3v) is 2.81. The number of halogens is 1. The number of aromatic nitrogens is 2. The standard InChI is InChI=1S/C14H14FN3O2.C2H6.CH5N/c1-9-12(7-17-14(18-9)16-4-5-19)10-2-3-13(15)11(6-10)8-20;2*1-2/h2-3,6-8,19H,4-5H2,1H3,(H,16,17,18);1-2H3;2H2,1H3. The van der Waals surface area contributed by atoms with Crippen LogP contribution in [0, 0.1) is 12.7 Å². The third kappa shape index (κ3) is 6.02. The molecule has 2 aromatic rings. The molecule has 0 amide bonds. The van der Waals surface area contributed by atoms with Gasteiger partial charge in [0.25, 0.3) is 0 Å². The summed E-state index contributed by atoms with van der Waals surface area (Å²) >= 11 is 0. The molecular weight excluding hydrogens is 311 g/mol. The third-order valence-electron chi connectivity index (χ3n) is 2.81. The van der Waals surface area contributed by atoms with Crippen LogP contribution in [0.4, 0.5) is 10.3 Å². The van der Waals surface area contributed by atoms with Crippen LogP contribution >= 0.6 is 0 Å². The molecule has 1 aromatic carbocycles. The molecule has 0 saturated heterocycles. The molecule has 24 heavy (non-hydrogen) atoms. The van der Waals surface area contributed by atoms with Crippen LogP contribution in [-0.4, -0.2) is 41.6 Å². The highest BCUT2D eigenvalue weighted by Gasteiger charge is 2.09. The average Bonchev–Trinajstić information content (AvgIpc) is 2.64. The first-order valence-corrected chi connectivity index (χ1v) is 7.67. The Balaban J connectivity index is 0.00000123. The minimum absolute atomic E-state index is 0.00406. The van der Waals surface area contributed by atoms with E-state index in [0.29, 0.717) is 30.0 Å². The summed E-state index contributed by atoms with van der Waals surface area (Å²) < 4.78 is 13.3. The fourth-order valence-corrected chi connectivity index (χ4v) is 1.80. The fourth-order valence-electron chi connectivity index (χ4n) is 1.80. The van der Waals surface area contributed by atoms with E-state index in [2.05, 4.69) is 21.0 Å². The number of nitrogens with one attached hydrogen (secondary N) is 1. The number of carbonyl (C=O) groups is 1. The van der Waals surface area contributed by atoms with E-state index in [1.165, 1.54) is 19.2 Å². The Morgan fingerprint density at radius 2 is 2.00 bits per heavy atom. The number of aldehydes is 1. The molecule has 0 radical (unpaired) electrons. The number of aliphatic hydroxyl groups is 1. The Morgan fingerprint density at radius 1 is 1.33 bits per heavy atom. The molecule has 0 aliphatic heterocycles. The van der Waals surface area contributed by atoms with Gasteiger partial charge in [-0.2, -0.15) is 0 Å². The van der Waals surface area contributed by atoms with Crippen molar-refractivity contribution in [3.63, 3.8) is 0 Å². The highest BCUT2D eigenvalue weighted by atomic mass is 19.1. The van der Waals surface area contributed by atoms with Crippen LogP contribution in [0.2, 0.25) is 0 Å². The molecule has 0 bridgehead atoms. The smallest absolute Gasteiger partial charge is 0.222 e. The maximum atomic E-state index is 13.3. The van der Waals surface area contributed by atoms with Gasteiger partial charge < -0.3 is 16.2 Å². The Hall–Kier alpha value is -2.38. The number of rotatable bonds is 5. The lowest BCUT2D eigenvalue weighted by atomic mass is 10.0. The monoisotopic (exact) mass is 336 g/mol. The van der Waals surface area contributed by atoms with Crippen molar-refractivity contribution in [1.82, 2.24) is 9.97 Å². The topological polar surface area (TPSA) is 101 Å². The van der Waals surface area contributed by atoms with Crippen LogP contribution in [0.3, 0.4) is 0 Å². The van der Waals surface area contributed by atoms with Crippen molar-refractivity contribution < 1.29 is 14.3 Å². The first-order chi connectivity index (χ1) is 11.7. The number of hydrogen-bond acceptors (Lipinski definition) is 6. The summed E-state index contributed by atoms with van der Waals surface area (Å²) in [7, 11) is 1.50. The molecule has 4 N–H and O–H groups in total. The summed E-state index contributed by atoms with van der Waals surface area (Å²) in [5, 5.41) is 11.6. The number of nitrogens with two attached hydrogens (primary N) is 1. The van der Waals surface area contributed by atoms with E-state index in [9.17, 15) is 9.18 Å². The number of hydrogen-bond donors (Lipinski definition) is 3.